The highest BCUT2D eigenvalue weighted by Crippen LogP contribution is 2.18. The number of nitrogens with zero attached hydrogens (tertiary/aromatic N) is 2. The van der Waals surface area contributed by atoms with Gasteiger partial charge < -0.3 is 16.0 Å². The fraction of sp³-hybridized carbons (Fsp3) is 0.529. The van der Waals surface area contributed by atoms with E-state index < -0.39 is 0 Å². The molecule has 1 aliphatic heterocycles. The molecule has 23 heavy (non-hydrogen) atoms. The standard InChI is InChI=1S/C17H24N4O2/c18-11-13-1-3-14(4-2-13)17(23)21-9-7-20(8-10-21)12-16(22)19-15-5-6-15/h1-4,15H,5-12,18H2,(H,19,22). The molecule has 3 rings (SSSR count). The number of piperazine rings is 1. The van der Waals surface area contributed by atoms with Crippen LogP contribution in [0.5, 0.6) is 0 Å². The molecule has 2 fully saturated rings. The topological polar surface area (TPSA) is 78.7 Å². The van der Waals surface area contributed by atoms with Gasteiger partial charge in [0.25, 0.3) is 5.91 Å². The van der Waals surface area contributed by atoms with Crippen LogP contribution in [0, 0.1) is 0 Å². The molecule has 1 aliphatic carbocycles. The molecule has 6 nitrogen and oxygen atoms in total. The first-order valence-electron chi connectivity index (χ1n) is 8.25. The third-order valence-corrected chi connectivity index (χ3v) is 4.41. The molecule has 1 aromatic carbocycles. The van der Waals surface area contributed by atoms with Crippen LogP contribution in [0.1, 0.15) is 28.8 Å². The van der Waals surface area contributed by atoms with Gasteiger partial charge in [-0.1, -0.05) is 12.1 Å². The van der Waals surface area contributed by atoms with Crippen LogP contribution in [0.3, 0.4) is 0 Å². The monoisotopic (exact) mass is 316 g/mol. The van der Waals surface area contributed by atoms with Crippen LogP contribution in [-0.2, 0) is 11.3 Å². The van der Waals surface area contributed by atoms with E-state index in [1.54, 1.807) is 0 Å². The maximum atomic E-state index is 12.5. The molecule has 6 heteroatoms. The van der Waals surface area contributed by atoms with E-state index in [0.717, 1.165) is 31.5 Å². The Kier molecular flexibility index (Phi) is 4.93. The van der Waals surface area contributed by atoms with Gasteiger partial charge in [0, 0.05) is 44.3 Å². The predicted molar refractivity (Wildman–Crippen MR) is 87.8 cm³/mol. The van der Waals surface area contributed by atoms with Gasteiger partial charge in [0.2, 0.25) is 5.91 Å². The van der Waals surface area contributed by atoms with Gasteiger partial charge in [0.1, 0.15) is 0 Å². The Morgan fingerprint density at radius 2 is 1.74 bits per heavy atom. The van der Waals surface area contributed by atoms with E-state index in [9.17, 15) is 9.59 Å². The minimum atomic E-state index is 0.0515. The Bertz CT molecular complexity index is 560. The SMILES string of the molecule is NCc1ccc(C(=O)N2CCN(CC(=O)NC3CC3)CC2)cc1. The number of carbonyl (C=O) groups is 2. The number of amides is 2. The molecule has 0 radical (unpaired) electrons. The fourth-order valence-corrected chi connectivity index (χ4v) is 2.78. The van der Waals surface area contributed by atoms with Gasteiger partial charge in [0.15, 0.2) is 0 Å². The summed E-state index contributed by atoms with van der Waals surface area (Å²) in [7, 11) is 0. The summed E-state index contributed by atoms with van der Waals surface area (Å²) in [5.74, 6) is 0.153. The zero-order valence-electron chi connectivity index (χ0n) is 13.3. The second kappa shape index (κ2) is 7.10. The molecule has 0 aromatic heterocycles. The Morgan fingerprint density at radius 3 is 2.30 bits per heavy atom. The van der Waals surface area contributed by atoms with Crippen LogP contribution in [-0.4, -0.2) is 60.4 Å². The zero-order valence-corrected chi connectivity index (χ0v) is 13.3. The van der Waals surface area contributed by atoms with Crippen LogP contribution in [0.15, 0.2) is 24.3 Å². The molecule has 124 valence electrons. The van der Waals surface area contributed by atoms with Gasteiger partial charge in [-0.15, -0.1) is 0 Å². The zero-order chi connectivity index (χ0) is 16.2. The van der Waals surface area contributed by atoms with Crippen LogP contribution >= 0.6 is 0 Å². The lowest BCUT2D eigenvalue weighted by Crippen LogP contribution is -2.51. The maximum Gasteiger partial charge on any atom is 0.253 e. The summed E-state index contributed by atoms with van der Waals surface area (Å²) in [4.78, 5) is 28.3. The lowest BCUT2D eigenvalue weighted by molar-refractivity contribution is -0.122. The second-order valence-corrected chi connectivity index (χ2v) is 6.31. The molecule has 1 saturated heterocycles. The highest BCUT2D eigenvalue weighted by Gasteiger charge is 2.26. The highest BCUT2D eigenvalue weighted by molar-refractivity contribution is 5.94. The molecule has 0 atom stereocenters. The largest absolute Gasteiger partial charge is 0.352 e. The van der Waals surface area contributed by atoms with E-state index in [1.807, 2.05) is 29.2 Å². The van der Waals surface area contributed by atoms with Crippen molar-refractivity contribution >= 4 is 11.8 Å². The minimum Gasteiger partial charge on any atom is -0.352 e. The van der Waals surface area contributed by atoms with Gasteiger partial charge in [-0.3, -0.25) is 14.5 Å². The third kappa shape index (κ3) is 4.30. The van der Waals surface area contributed by atoms with Crippen molar-refractivity contribution in [3.05, 3.63) is 35.4 Å². The number of hydrogen-bond acceptors (Lipinski definition) is 4. The Labute approximate surface area is 136 Å². The van der Waals surface area contributed by atoms with Crippen molar-refractivity contribution in [2.75, 3.05) is 32.7 Å². The van der Waals surface area contributed by atoms with E-state index in [-0.39, 0.29) is 11.8 Å². The Hall–Kier alpha value is -1.92. The lowest BCUT2D eigenvalue weighted by Gasteiger charge is -2.34. The molecule has 0 bridgehead atoms. The smallest absolute Gasteiger partial charge is 0.253 e. The minimum absolute atomic E-state index is 0.0515. The van der Waals surface area contributed by atoms with E-state index in [4.69, 9.17) is 5.73 Å². The Balaban J connectivity index is 1.47. The number of carbonyl (C=O) groups excluding carboxylic acids is 2. The summed E-state index contributed by atoms with van der Waals surface area (Å²) in [6.07, 6.45) is 2.22. The summed E-state index contributed by atoms with van der Waals surface area (Å²) in [6.45, 7) is 3.72. The molecule has 1 saturated carbocycles. The highest BCUT2D eigenvalue weighted by atomic mass is 16.2. The number of nitrogens with one attached hydrogen (secondary N) is 1. The van der Waals surface area contributed by atoms with Crippen molar-refractivity contribution < 1.29 is 9.59 Å². The number of benzene rings is 1. The first-order valence-corrected chi connectivity index (χ1v) is 8.25. The van der Waals surface area contributed by atoms with E-state index in [1.165, 1.54) is 0 Å². The van der Waals surface area contributed by atoms with Gasteiger partial charge in [-0.2, -0.15) is 0 Å². The van der Waals surface area contributed by atoms with Crippen LogP contribution in [0.4, 0.5) is 0 Å². The summed E-state index contributed by atoms with van der Waals surface area (Å²) in [5, 5.41) is 3.00. The molecule has 2 amide bonds. The van der Waals surface area contributed by atoms with Crippen molar-refractivity contribution in [3.63, 3.8) is 0 Å². The van der Waals surface area contributed by atoms with Crippen LogP contribution in [0.25, 0.3) is 0 Å². The second-order valence-electron chi connectivity index (χ2n) is 6.31. The maximum absolute atomic E-state index is 12.5. The van der Waals surface area contributed by atoms with Crippen molar-refractivity contribution in [2.45, 2.75) is 25.4 Å². The average molecular weight is 316 g/mol. The van der Waals surface area contributed by atoms with Gasteiger partial charge in [0.05, 0.1) is 6.54 Å². The van der Waals surface area contributed by atoms with Crippen LogP contribution < -0.4 is 11.1 Å². The number of rotatable bonds is 5. The van der Waals surface area contributed by atoms with Gasteiger partial charge in [-0.25, -0.2) is 0 Å². The summed E-state index contributed by atoms with van der Waals surface area (Å²) >= 11 is 0. The fourth-order valence-electron chi connectivity index (χ4n) is 2.78. The van der Waals surface area contributed by atoms with Crippen molar-refractivity contribution in [3.8, 4) is 0 Å². The molecular formula is C17H24N4O2. The molecule has 0 spiro atoms. The first kappa shape index (κ1) is 16.0. The lowest BCUT2D eigenvalue weighted by atomic mass is 10.1. The molecular weight excluding hydrogens is 292 g/mol. The Morgan fingerprint density at radius 1 is 1.09 bits per heavy atom. The predicted octanol–water partition coefficient (Wildman–Crippen LogP) is 0.182. The van der Waals surface area contributed by atoms with Crippen molar-refractivity contribution in [1.82, 2.24) is 15.1 Å². The number of nitrogens with two attached hydrogens (primary N) is 1. The first-order chi connectivity index (χ1) is 11.2. The summed E-state index contributed by atoms with van der Waals surface area (Å²) in [6, 6.07) is 7.86. The average Bonchev–Trinajstić information content (AvgIpc) is 3.39. The van der Waals surface area contributed by atoms with Crippen LogP contribution in [0.2, 0.25) is 0 Å². The van der Waals surface area contributed by atoms with Crippen molar-refractivity contribution in [2.24, 2.45) is 5.73 Å². The van der Waals surface area contributed by atoms with E-state index >= 15 is 0 Å². The van der Waals surface area contributed by atoms with E-state index in [0.29, 0.717) is 37.8 Å². The molecule has 3 N–H and O–H groups in total. The molecule has 1 heterocycles. The quantitative estimate of drug-likeness (QED) is 0.812. The summed E-state index contributed by atoms with van der Waals surface area (Å²) < 4.78 is 0. The van der Waals surface area contributed by atoms with Gasteiger partial charge >= 0.3 is 0 Å². The molecule has 2 aliphatic rings. The third-order valence-electron chi connectivity index (χ3n) is 4.41. The van der Waals surface area contributed by atoms with E-state index in [2.05, 4.69) is 10.2 Å². The summed E-state index contributed by atoms with van der Waals surface area (Å²) in [5.41, 5.74) is 7.29. The number of hydrogen-bond donors (Lipinski definition) is 2. The molecule has 0 unspecified atom stereocenters. The van der Waals surface area contributed by atoms with Gasteiger partial charge in [-0.05, 0) is 30.5 Å². The normalized spacial score (nSPS) is 18.7. The van der Waals surface area contributed by atoms with Crippen molar-refractivity contribution in [1.29, 1.82) is 0 Å². The molecule has 1 aromatic rings.